The Morgan fingerprint density at radius 2 is 2.18 bits per heavy atom. The molecule has 3 rings (SSSR count). The fraction of sp³-hybridized carbons (Fsp3) is 0.0667. The number of carbonyl (C=O) groups excluding carboxylic acids is 1. The van der Waals surface area contributed by atoms with E-state index < -0.39 is 0 Å². The van der Waals surface area contributed by atoms with Gasteiger partial charge in [0.15, 0.2) is 4.80 Å². The first-order valence-corrected chi connectivity index (χ1v) is 8.74. The summed E-state index contributed by atoms with van der Waals surface area (Å²) >= 11 is 15.2. The van der Waals surface area contributed by atoms with Crippen molar-refractivity contribution in [3.63, 3.8) is 0 Å². The second-order valence-electron chi connectivity index (χ2n) is 4.48. The van der Waals surface area contributed by atoms with E-state index in [0.717, 1.165) is 15.1 Å². The molecule has 0 saturated heterocycles. The van der Waals surface area contributed by atoms with Gasteiger partial charge < -0.3 is 4.57 Å². The first-order valence-electron chi connectivity index (χ1n) is 6.29. The molecule has 0 atom stereocenters. The molecule has 2 aromatic heterocycles. The van der Waals surface area contributed by atoms with E-state index in [9.17, 15) is 4.79 Å². The zero-order valence-electron chi connectivity index (χ0n) is 11.4. The highest BCUT2D eigenvalue weighted by Gasteiger charge is 2.09. The van der Waals surface area contributed by atoms with E-state index in [4.69, 9.17) is 23.2 Å². The van der Waals surface area contributed by atoms with Crippen molar-refractivity contribution in [2.75, 3.05) is 0 Å². The normalized spacial score (nSPS) is 12.6. The number of hydrogen-bond donors (Lipinski definition) is 0. The van der Waals surface area contributed by atoms with Crippen LogP contribution < -0.4 is 4.80 Å². The molecule has 22 heavy (non-hydrogen) atoms. The van der Waals surface area contributed by atoms with Crippen molar-refractivity contribution in [2.24, 2.45) is 12.0 Å². The van der Waals surface area contributed by atoms with Crippen molar-refractivity contribution in [1.82, 2.24) is 4.57 Å². The van der Waals surface area contributed by atoms with Gasteiger partial charge in [0.05, 0.1) is 15.2 Å². The zero-order chi connectivity index (χ0) is 15.7. The minimum atomic E-state index is -0.308. The second kappa shape index (κ2) is 6.38. The van der Waals surface area contributed by atoms with Crippen LogP contribution in [0.5, 0.6) is 0 Å². The van der Waals surface area contributed by atoms with Crippen LogP contribution in [-0.2, 0) is 11.8 Å². The van der Waals surface area contributed by atoms with Crippen LogP contribution >= 0.6 is 45.9 Å². The highest BCUT2D eigenvalue weighted by atomic mass is 35.5. The van der Waals surface area contributed by atoms with Crippen LogP contribution in [0.15, 0.2) is 40.7 Å². The summed E-state index contributed by atoms with van der Waals surface area (Å²) in [6, 6.07) is 7.37. The first-order chi connectivity index (χ1) is 10.5. The van der Waals surface area contributed by atoms with E-state index >= 15 is 0 Å². The number of benzene rings is 1. The molecule has 0 bridgehead atoms. The smallest absolute Gasteiger partial charge is 0.272 e. The van der Waals surface area contributed by atoms with E-state index in [1.54, 1.807) is 28.0 Å². The summed E-state index contributed by atoms with van der Waals surface area (Å²) in [7, 11) is 1.83. The Hall–Kier alpha value is -1.40. The lowest BCUT2D eigenvalue weighted by molar-refractivity contribution is -0.113. The van der Waals surface area contributed by atoms with Crippen LogP contribution in [0.25, 0.3) is 16.3 Å². The molecule has 3 nitrogen and oxygen atoms in total. The number of fused-ring (bicyclic) bond motifs is 1. The number of thiophene rings is 1. The summed E-state index contributed by atoms with van der Waals surface area (Å²) in [6.45, 7) is 0. The van der Waals surface area contributed by atoms with Gasteiger partial charge in [-0.25, -0.2) is 0 Å². The predicted molar refractivity (Wildman–Crippen MR) is 94.7 cm³/mol. The van der Waals surface area contributed by atoms with Crippen molar-refractivity contribution >= 4 is 68.1 Å². The number of aromatic nitrogens is 1. The molecule has 0 aliphatic carbocycles. The van der Waals surface area contributed by atoms with Gasteiger partial charge in [0, 0.05) is 23.0 Å². The van der Waals surface area contributed by atoms with Crippen LogP contribution in [-0.4, -0.2) is 10.5 Å². The van der Waals surface area contributed by atoms with Crippen LogP contribution in [0.2, 0.25) is 10.0 Å². The molecular weight excluding hydrogens is 359 g/mol. The van der Waals surface area contributed by atoms with Crippen LogP contribution in [0.3, 0.4) is 0 Å². The van der Waals surface area contributed by atoms with Crippen LogP contribution in [0, 0.1) is 0 Å². The fourth-order valence-corrected chi connectivity index (χ4v) is 4.43. The molecular formula is C15H10Cl2N2OS2. The van der Waals surface area contributed by atoms with Gasteiger partial charge in [-0.1, -0.05) is 40.6 Å². The van der Waals surface area contributed by atoms with Gasteiger partial charge >= 0.3 is 0 Å². The van der Waals surface area contributed by atoms with Gasteiger partial charge in [0.25, 0.3) is 5.91 Å². The summed E-state index contributed by atoms with van der Waals surface area (Å²) in [6.07, 6.45) is 3.22. The van der Waals surface area contributed by atoms with Crippen molar-refractivity contribution in [2.45, 2.75) is 0 Å². The monoisotopic (exact) mass is 368 g/mol. The number of aryl methyl sites for hydroxylation is 1. The molecule has 7 heteroatoms. The van der Waals surface area contributed by atoms with Crippen molar-refractivity contribution in [3.05, 3.63) is 55.4 Å². The molecule has 0 radical (unpaired) electrons. The molecule has 1 amide bonds. The Balaban J connectivity index is 2.01. The number of carbonyl (C=O) groups is 1. The standard InChI is InChI=1S/C15H10Cl2N2OS2/c1-19-14-11(17)7-9(16)8-12(14)22-15(19)18-13(20)5-4-10-3-2-6-21-10/h2-8H,1H3/b5-4+,18-15?. The maximum atomic E-state index is 12.0. The molecule has 0 spiro atoms. The molecule has 112 valence electrons. The average molecular weight is 369 g/mol. The maximum Gasteiger partial charge on any atom is 0.272 e. The molecule has 0 fully saturated rings. The highest BCUT2D eigenvalue weighted by Crippen LogP contribution is 2.29. The average Bonchev–Trinajstić information content (AvgIpc) is 3.05. The van der Waals surface area contributed by atoms with Gasteiger partial charge in [0.2, 0.25) is 0 Å². The summed E-state index contributed by atoms with van der Waals surface area (Å²) in [5.41, 5.74) is 0.824. The second-order valence-corrected chi connectivity index (χ2v) is 7.31. The molecule has 0 aliphatic rings. The van der Waals surface area contributed by atoms with E-state index in [-0.39, 0.29) is 5.91 Å². The maximum absolute atomic E-state index is 12.0. The molecule has 0 saturated carbocycles. The van der Waals surface area contributed by atoms with Gasteiger partial charge in [-0.05, 0) is 29.7 Å². The van der Waals surface area contributed by atoms with Crippen LogP contribution in [0.1, 0.15) is 4.88 Å². The Morgan fingerprint density at radius 3 is 2.91 bits per heavy atom. The number of hydrogen-bond acceptors (Lipinski definition) is 3. The van der Waals surface area contributed by atoms with Crippen LogP contribution in [0.4, 0.5) is 0 Å². The van der Waals surface area contributed by atoms with Gasteiger partial charge in [-0.15, -0.1) is 11.3 Å². The summed E-state index contributed by atoms with van der Waals surface area (Å²) in [5.74, 6) is -0.308. The van der Waals surface area contributed by atoms with Gasteiger partial charge in [0.1, 0.15) is 0 Å². The number of nitrogens with zero attached hydrogens (tertiary/aromatic N) is 2. The molecule has 0 aliphatic heterocycles. The third-order valence-corrected chi connectivity index (χ3v) is 5.38. The third kappa shape index (κ3) is 3.17. The van der Waals surface area contributed by atoms with Crippen molar-refractivity contribution in [1.29, 1.82) is 0 Å². The lowest BCUT2D eigenvalue weighted by atomic mass is 10.3. The molecule has 0 N–H and O–H groups in total. The van der Waals surface area contributed by atoms with Crippen molar-refractivity contribution < 1.29 is 4.79 Å². The number of amides is 1. The fourth-order valence-electron chi connectivity index (χ4n) is 1.98. The minimum absolute atomic E-state index is 0.308. The number of rotatable bonds is 2. The Morgan fingerprint density at radius 1 is 1.36 bits per heavy atom. The Labute approximate surface area is 144 Å². The SMILES string of the molecule is Cn1c(=NC(=O)/C=C/c2cccs2)sc2cc(Cl)cc(Cl)c21. The highest BCUT2D eigenvalue weighted by molar-refractivity contribution is 7.16. The lowest BCUT2D eigenvalue weighted by Gasteiger charge is -1.98. The summed E-state index contributed by atoms with van der Waals surface area (Å²) < 4.78 is 2.70. The molecule has 2 heterocycles. The summed E-state index contributed by atoms with van der Waals surface area (Å²) in [4.78, 5) is 17.7. The molecule has 0 unspecified atom stereocenters. The topological polar surface area (TPSA) is 34.4 Å². The third-order valence-electron chi connectivity index (χ3n) is 2.96. The number of thiazole rings is 1. The van der Waals surface area contributed by atoms with E-state index in [0.29, 0.717) is 14.8 Å². The number of halogens is 2. The first kappa shape index (κ1) is 15.5. The predicted octanol–water partition coefficient (Wildman–Crippen LogP) is 4.75. The molecule has 3 aromatic rings. The van der Waals surface area contributed by atoms with E-state index in [1.165, 1.54) is 17.4 Å². The molecule has 1 aromatic carbocycles. The largest absolute Gasteiger partial charge is 0.318 e. The Bertz CT molecular complexity index is 937. The quantitative estimate of drug-likeness (QED) is 0.601. The Kier molecular flexibility index (Phi) is 4.49. The lowest BCUT2D eigenvalue weighted by Crippen LogP contribution is -2.12. The van der Waals surface area contributed by atoms with Gasteiger partial charge in [-0.3, -0.25) is 4.79 Å². The van der Waals surface area contributed by atoms with Crippen molar-refractivity contribution in [3.8, 4) is 0 Å². The summed E-state index contributed by atoms with van der Waals surface area (Å²) in [5, 5.41) is 3.07. The zero-order valence-corrected chi connectivity index (χ0v) is 14.6. The van der Waals surface area contributed by atoms with E-state index in [1.807, 2.05) is 30.6 Å². The van der Waals surface area contributed by atoms with E-state index in [2.05, 4.69) is 4.99 Å². The minimum Gasteiger partial charge on any atom is -0.318 e. The van der Waals surface area contributed by atoms with Gasteiger partial charge in [-0.2, -0.15) is 4.99 Å².